The standard InChI is InChI=1S/C20H20ClF3N2O4/c1-11-6-14(30-25-11)9-19(29)26-10-13(27)8-17(26)18(28)5-3-12-2-4-16(21)15(7-12)20(22,23)24/h2,4,6-7,13,17,27H,3,5,8-10H2,1H3/t13-,17+/m1/s1. The van der Waals surface area contributed by atoms with E-state index in [1.807, 2.05) is 0 Å². The van der Waals surface area contributed by atoms with Gasteiger partial charge in [0.1, 0.15) is 5.76 Å². The number of aliphatic hydroxyl groups excluding tert-OH is 1. The number of alkyl halides is 3. The average molecular weight is 445 g/mol. The molecule has 1 aliphatic heterocycles. The van der Waals surface area contributed by atoms with E-state index in [1.54, 1.807) is 13.0 Å². The van der Waals surface area contributed by atoms with Gasteiger partial charge in [0.15, 0.2) is 5.78 Å². The number of ketones is 1. The number of aromatic nitrogens is 1. The number of aliphatic hydroxyl groups is 1. The molecule has 0 radical (unpaired) electrons. The van der Waals surface area contributed by atoms with Gasteiger partial charge in [0, 0.05) is 25.5 Å². The molecular weight excluding hydrogens is 425 g/mol. The van der Waals surface area contributed by atoms with Gasteiger partial charge < -0.3 is 14.5 Å². The third-order valence-electron chi connectivity index (χ3n) is 4.97. The van der Waals surface area contributed by atoms with Crippen LogP contribution in [0.15, 0.2) is 28.8 Å². The number of Topliss-reactive ketones (excluding diaryl/α,β-unsaturated/α-hetero) is 1. The minimum Gasteiger partial charge on any atom is -0.391 e. The lowest BCUT2D eigenvalue weighted by atomic mass is 10.00. The molecule has 3 rings (SSSR count). The Morgan fingerprint density at radius 2 is 2.07 bits per heavy atom. The Balaban J connectivity index is 1.65. The molecule has 1 aliphatic rings. The second-order valence-electron chi connectivity index (χ2n) is 7.34. The van der Waals surface area contributed by atoms with Crippen LogP contribution in [0.25, 0.3) is 0 Å². The number of halogens is 4. The van der Waals surface area contributed by atoms with Crippen LogP contribution < -0.4 is 0 Å². The van der Waals surface area contributed by atoms with Crippen LogP contribution in [0, 0.1) is 6.92 Å². The normalized spacial score (nSPS) is 19.3. The lowest BCUT2D eigenvalue weighted by Gasteiger charge is -2.23. The van der Waals surface area contributed by atoms with E-state index >= 15 is 0 Å². The fourth-order valence-electron chi connectivity index (χ4n) is 3.52. The van der Waals surface area contributed by atoms with Gasteiger partial charge in [0.25, 0.3) is 0 Å². The van der Waals surface area contributed by atoms with Crippen LogP contribution in [0.4, 0.5) is 13.2 Å². The first-order chi connectivity index (χ1) is 14.0. The van der Waals surface area contributed by atoms with E-state index in [4.69, 9.17) is 16.1 Å². The molecule has 1 aromatic heterocycles. The number of hydrogen-bond acceptors (Lipinski definition) is 5. The predicted molar refractivity (Wildman–Crippen MR) is 101 cm³/mol. The first-order valence-corrected chi connectivity index (χ1v) is 9.70. The number of likely N-dealkylation sites (tertiary alicyclic amines) is 1. The van der Waals surface area contributed by atoms with Crippen LogP contribution >= 0.6 is 11.6 Å². The Morgan fingerprint density at radius 1 is 1.33 bits per heavy atom. The maximum atomic E-state index is 13.0. The first-order valence-electron chi connectivity index (χ1n) is 9.32. The molecule has 0 spiro atoms. The summed E-state index contributed by atoms with van der Waals surface area (Å²) in [4.78, 5) is 26.6. The number of amides is 1. The van der Waals surface area contributed by atoms with Crippen molar-refractivity contribution in [1.29, 1.82) is 0 Å². The van der Waals surface area contributed by atoms with Crippen LogP contribution in [0.3, 0.4) is 0 Å². The predicted octanol–water partition coefficient (Wildman–Crippen LogP) is 3.36. The van der Waals surface area contributed by atoms with Crippen molar-refractivity contribution in [1.82, 2.24) is 10.1 Å². The fourth-order valence-corrected chi connectivity index (χ4v) is 3.75. The van der Waals surface area contributed by atoms with Gasteiger partial charge in [0.05, 0.1) is 34.8 Å². The van der Waals surface area contributed by atoms with Crippen molar-refractivity contribution in [3.8, 4) is 0 Å². The Hall–Kier alpha value is -2.39. The number of benzene rings is 1. The molecule has 2 atom stereocenters. The van der Waals surface area contributed by atoms with Crippen LogP contribution in [-0.4, -0.2) is 45.5 Å². The average Bonchev–Trinajstić information content (AvgIpc) is 3.25. The van der Waals surface area contributed by atoms with Crippen molar-refractivity contribution in [3.05, 3.63) is 51.9 Å². The quantitative estimate of drug-likeness (QED) is 0.738. The number of carbonyl (C=O) groups excluding carboxylic acids is 2. The third kappa shape index (κ3) is 5.20. The maximum absolute atomic E-state index is 13.0. The van der Waals surface area contributed by atoms with Crippen molar-refractivity contribution >= 4 is 23.3 Å². The fraction of sp³-hybridized carbons (Fsp3) is 0.450. The zero-order chi connectivity index (χ0) is 22.1. The van der Waals surface area contributed by atoms with Gasteiger partial charge in [0.2, 0.25) is 5.91 Å². The highest BCUT2D eigenvalue weighted by atomic mass is 35.5. The van der Waals surface area contributed by atoms with Gasteiger partial charge in [-0.05, 0) is 31.0 Å². The molecule has 0 saturated carbocycles. The summed E-state index contributed by atoms with van der Waals surface area (Å²) < 4.78 is 44.0. The highest BCUT2D eigenvalue weighted by Crippen LogP contribution is 2.35. The molecule has 2 aromatic rings. The Bertz CT molecular complexity index is 944. The van der Waals surface area contributed by atoms with Gasteiger partial charge in [-0.1, -0.05) is 22.8 Å². The molecule has 0 aliphatic carbocycles. The number of β-amino-alcohol motifs (C(OH)–C–C–N with tert-alkyl or cyclic N) is 1. The Kier molecular flexibility index (Phi) is 6.52. The smallest absolute Gasteiger partial charge is 0.391 e. The Morgan fingerprint density at radius 3 is 2.70 bits per heavy atom. The molecular formula is C20H20ClF3N2O4. The van der Waals surface area contributed by atoms with Crippen LogP contribution in [-0.2, 0) is 28.6 Å². The summed E-state index contributed by atoms with van der Waals surface area (Å²) >= 11 is 5.61. The van der Waals surface area contributed by atoms with Crippen LogP contribution in [0.5, 0.6) is 0 Å². The largest absolute Gasteiger partial charge is 0.417 e. The summed E-state index contributed by atoms with van der Waals surface area (Å²) in [6.45, 7) is 1.73. The van der Waals surface area contributed by atoms with Crippen molar-refractivity contribution in [2.75, 3.05) is 6.54 Å². The number of hydrogen-bond donors (Lipinski definition) is 1. The molecule has 0 bridgehead atoms. The van der Waals surface area contributed by atoms with Gasteiger partial charge >= 0.3 is 6.18 Å². The summed E-state index contributed by atoms with van der Waals surface area (Å²) in [6, 6.07) is 4.29. The summed E-state index contributed by atoms with van der Waals surface area (Å²) in [5, 5.41) is 13.3. The summed E-state index contributed by atoms with van der Waals surface area (Å²) in [5.74, 6) is -0.352. The molecule has 0 unspecified atom stereocenters. The van der Waals surface area contributed by atoms with Crippen LogP contribution in [0.1, 0.15) is 35.4 Å². The van der Waals surface area contributed by atoms with E-state index in [0.29, 0.717) is 17.0 Å². The van der Waals surface area contributed by atoms with E-state index in [2.05, 4.69) is 5.16 Å². The molecule has 1 aromatic carbocycles. The highest BCUT2D eigenvalue weighted by molar-refractivity contribution is 6.31. The zero-order valence-corrected chi connectivity index (χ0v) is 16.8. The topological polar surface area (TPSA) is 83.6 Å². The minimum absolute atomic E-state index is 0.0154. The minimum atomic E-state index is -4.59. The van der Waals surface area contributed by atoms with Crippen molar-refractivity contribution < 1.29 is 32.4 Å². The van der Waals surface area contributed by atoms with E-state index in [-0.39, 0.29) is 43.9 Å². The summed E-state index contributed by atoms with van der Waals surface area (Å²) in [7, 11) is 0. The molecule has 10 heteroatoms. The second kappa shape index (κ2) is 8.77. The van der Waals surface area contributed by atoms with E-state index in [9.17, 15) is 27.9 Å². The van der Waals surface area contributed by atoms with E-state index in [0.717, 1.165) is 12.1 Å². The number of carbonyl (C=O) groups is 2. The zero-order valence-electron chi connectivity index (χ0n) is 16.1. The van der Waals surface area contributed by atoms with Gasteiger partial charge in [-0.25, -0.2) is 0 Å². The molecule has 30 heavy (non-hydrogen) atoms. The molecule has 1 fully saturated rings. The summed E-state index contributed by atoms with van der Waals surface area (Å²) in [6.07, 6.45) is -5.43. The van der Waals surface area contributed by atoms with Gasteiger partial charge in [-0.3, -0.25) is 9.59 Å². The maximum Gasteiger partial charge on any atom is 0.417 e. The number of rotatable bonds is 6. The van der Waals surface area contributed by atoms with Crippen molar-refractivity contribution in [3.63, 3.8) is 0 Å². The van der Waals surface area contributed by atoms with Gasteiger partial charge in [-0.15, -0.1) is 0 Å². The lowest BCUT2D eigenvalue weighted by molar-refractivity contribution is -0.138. The third-order valence-corrected chi connectivity index (χ3v) is 5.30. The monoisotopic (exact) mass is 444 g/mol. The van der Waals surface area contributed by atoms with E-state index < -0.39 is 28.9 Å². The SMILES string of the molecule is Cc1cc(CC(=O)N2C[C@H](O)C[C@H]2C(=O)CCc2ccc(Cl)c(C(F)(F)F)c2)on1. The molecule has 1 saturated heterocycles. The second-order valence-corrected chi connectivity index (χ2v) is 7.75. The Labute approximate surface area is 175 Å². The molecule has 6 nitrogen and oxygen atoms in total. The number of aryl methyl sites for hydroxylation is 2. The van der Waals surface area contributed by atoms with Crippen molar-refractivity contribution in [2.24, 2.45) is 0 Å². The van der Waals surface area contributed by atoms with Crippen LogP contribution in [0.2, 0.25) is 5.02 Å². The van der Waals surface area contributed by atoms with E-state index in [1.165, 1.54) is 11.0 Å². The highest BCUT2D eigenvalue weighted by Gasteiger charge is 2.38. The summed E-state index contributed by atoms with van der Waals surface area (Å²) in [5.41, 5.74) is -0.0220. The first kappa shape index (κ1) is 22.3. The number of nitrogens with zero attached hydrogens (tertiary/aromatic N) is 2. The molecule has 2 heterocycles. The van der Waals surface area contributed by atoms with Crippen molar-refractivity contribution in [2.45, 2.75) is 50.9 Å². The van der Waals surface area contributed by atoms with Gasteiger partial charge in [-0.2, -0.15) is 13.2 Å². The molecule has 1 N–H and O–H groups in total. The lowest BCUT2D eigenvalue weighted by Crippen LogP contribution is -2.41. The molecule has 162 valence electrons. The molecule has 1 amide bonds.